The number of carboxylic acid groups (broad SMARTS) is 1. The molecule has 170 valence electrons. The van der Waals surface area contributed by atoms with Crippen LogP contribution in [0.15, 0.2) is 36.4 Å². The van der Waals surface area contributed by atoms with Crippen LogP contribution < -0.4 is 10.2 Å². The molecule has 0 aromatic heterocycles. The molecule has 2 atom stereocenters. The molecule has 2 heterocycles. The molecular formula is C24H25ClF2N2O3. The topological polar surface area (TPSA) is 69.6 Å². The Morgan fingerprint density at radius 3 is 2.34 bits per heavy atom. The number of nitrogens with one attached hydrogen (secondary N) is 1. The van der Waals surface area contributed by atoms with Crippen molar-refractivity contribution in [3.63, 3.8) is 0 Å². The van der Waals surface area contributed by atoms with Crippen LogP contribution in [0.25, 0.3) is 0 Å². The third-order valence-corrected chi connectivity index (χ3v) is 7.03. The molecule has 2 N–H and O–H groups in total. The molecule has 0 bridgehead atoms. The normalized spacial score (nSPS) is 22.0. The van der Waals surface area contributed by atoms with Gasteiger partial charge in [0, 0.05) is 12.2 Å². The first-order valence-corrected chi connectivity index (χ1v) is 11.2. The molecule has 8 heteroatoms. The van der Waals surface area contributed by atoms with E-state index in [9.17, 15) is 23.5 Å². The average molecular weight is 463 g/mol. The van der Waals surface area contributed by atoms with Crippen LogP contribution in [-0.4, -0.2) is 42.5 Å². The van der Waals surface area contributed by atoms with Gasteiger partial charge in [0.05, 0.1) is 22.2 Å². The monoisotopic (exact) mass is 462 g/mol. The van der Waals surface area contributed by atoms with Gasteiger partial charge in [-0.15, -0.1) is 0 Å². The molecular weight excluding hydrogens is 438 g/mol. The van der Waals surface area contributed by atoms with E-state index in [1.807, 2.05) is 4.90 Å². The van der Waals surface area contributed by atoms with E-state index in [0.29, 0.717) is 24.6 Å². The Kier molecular flexibility index (Phi) is 6.76. The third kappa shape index (κ3) is 4.50. The summed E-state index contributed by atoms with van der Waals surface area (Å²) in [5.74, 6) is -2.77. The molecule has 2 saturated heterocycles. The van der Waals surface area contributed by atoms with E-state index in [1.54, 1.807) is 6.07 Å². The van der Waals surface area contributed by atoms with E-state index >= 15 is 0 Å². The van der Waals surface area contributed by atoms with Crippen molar-refractivity contribution >= 4 is 29.0 Å². The number of ketones is 1. The highest BCUT2D eigenvalue weighted by Crippen LogP contribution is 2.38. The molecule has 5 nitrogen and oxygen atoms in total. The van der Waals surface area contributed by atoms with E-state index in [1.165, 1.54) is 18.2 Å². The number of hydrogen-bond acceptors (Lipinski definition) is 4. The molecule has 32 heavy (non-hydrogen) atoms. The Labute approximate surface area is 190 Å². The van der Waals surface area contributed by atoms with Crippen molar-refractivity contribution in [2.45, 2.75) is 31.7 Å². The van der Waals surface area contributed by atoms with Crippen LogP contribution in [0, 0.1) is 23.5 Å². The molecule has 0 saturated carbocycles. The Morgan fingerprint density at radius 2 is 1.72 bits per heavy atom. The fraction of sp³-hybridized carbons (Fsp3) is 0.417. The number of rotatable bonds is 5. The van der Waals surface area contributed by atoms with E-state index in [2.05, 4.69) is 5.32 Å². The SMILES string of the molecule is O=C(O)c1ccc(N2CCC(C3CCNCC3)CC2C(=O)c2c(F)cccc2F)cc1Cl. The van der Waals surface area contributed by atoms with Crippen LogP contribution >= 0.6 is 11.6 Å². The molecule has 2 aliphatic rings. The van der Waals surface area contributed by atoms with Gasteiger partial charge < -0.3 is 15.3 Å². The van der Waals surface area contributed by atoms with Gasteiger partial charge in [0.15, 0.2) is 5.78 Å². The number of piperidine rings is 2. The number of nitrogens with zero attached hydrogens (tertiary/aromatic N) is 1. The zero-order valence-corrected chi connectivity index (χ0v) is 18.2. The van der Waals surface area contributed by atoms with Crippen LogP contribution in [0.3, 0.4) is 0 Å². The van der Waals surface area contributed by atoms with Crippen LogP contribution in [-0.2, 0) is 0 Å². The first-order valence-electron chi connectivity index (χ1n) is 10.8. The summed E-state index contributed by atoms with van der Waals surface area (Å²) >= 11 is 6.17. The van der Waals surface area contributed by atoms with E-state index < -0.39 is 35.0 Å². The Balaban J connectivity index is 1.69. The zero-order valence-electron chi connectivity index (χ0n) is 17.5. The highest BCUT2D eigenvalue weighted by molar-refractivity contribution is 6.33. The lowest BCUT2D eigenvalue weighted by molar-refractivity contribution is 0.0696. The number of carbonyl (C=O) groups is 2. The Morgan fingerprint density at radius 1 is 1.03 bits per heavy atom. The van der Waals surface area contributed by atoms with Crippen molar-refractivity contribution < 1.29 is 23.5 Å². The molecule has 2 fully saturated rings. The fourth-order valence-corrected chi connectivity index (χ4v) is 5.31. The molecule has 2 unspecified atom stereocenters. The maximum Gasteiger partial charge on any atom is 0.337 e. The summed E-state index contributed by atoms with van der Waals surface area (Å²) in [6.07, 6.45) is 3.35. The summed E-state index contributed by atoms with van der Waals surface area (Å²) in [6, 6.07) is 7.15. The summed E-state index contributed by atoms with van der Waals surface area (Å²) in [5, 5.41) is 12.7. The average Bonchev–Trinajstić information content (AvgIpc) is 2.78. The predicted octanol–water partition coefficient (Wildman–Crippen LogP) is 4.78. The van der Waals surface area contributed by atoms with Crippen molar-refractivity contribution in [3.8, 4) is 0 Å². The highest BCUT2D eigenvalue weighted by atomic mass is 35.5. The maximum absolute atomic E-state index is 14.5. The van der Waals surface area contributed by atoms with Crippen molar-refractivity contribution in [2.24, 2.45) is 11.8 Å². The second-order valence-electron chi connectivity index (χ2n) is 8.51. The molecule has 2 aliphatic heterocycles. The molecule has 0 spiro atoms. The van der Waals surface area contributed by atoms with Gasteiger partial charge in [-0.2, -0.15) is 0 Å². The summed E-state index contributed by atoms with van der Waals surface area (Å²) in [6.45, 7) is 2.37. The quantitative estimate of drug-likeness (QED) is 0.625. The highest BCUT2D eigenvalue weighted by Gasteiger charge is 2.39. The predicted molar refractivity (Wildman–Crippen MR) is 119 cm³/mol. The minimum absolute atomic E-state index is 0.0389. The lowest BCUT2D eigenvalue weighted by atomic mass is 9.75. The van der Waals surface area contributed by atoms with Gasteiger partial charge in [-0.05, 0) is 80.9 Å². The first kappa shape index (κ1) is 22.7. The van der Waals surface area contributed by atoms with Gasteiger partial charge >= 0.3 is 5.97 Å². The summed E-state index contributed by atoms with van der Waals surface area (Å²) in [7, 11) is 0. The minimum Gasteiger partial charge on any atom is -0.478 e. The number of anilines is 1. The van der Waals surface area contributed by atoms with Gasteiger partial charge in [0.25, 0.3) is 0 Å². The van der Waals surface area contributed by atoms with Crippen molar-refractivity contribution in [3.05, 3.63) is 64.2 Å². The van der Waals surface area contributed by atoms with E-state index in [0.717, 1.165) is 44.5 Å². The Hall–Kier alpha value is -2.51. The zero-order chi connectivity index (χ0) is 22.8. The van der Waals surface area contributed by atoms with Crippen LogP contribution in [0.5, 0.6) is 0 Å². The lowest BCUT2D eigenvalue weighted by Gasteiger charge is -2.43. The first-order chi connectivity index (χ1) is 15.4. The third-order valence-electron chi connectivity index (χ3n) is 6.72. The summed E-state index contributed by atoms with van der Waals surface area (Å²) in [5.41, 5.74) is 0.00334. The van der Waals surface area contributed by atoms with Gasteiger partial charge in [-0.25, -0.2) is 13.6 Å². The molecule has 0 radical (unpaired) electrons. The second kappa shape index (κ2) is 9.55. The summed E-state index contributed by atoms with van der Waals surface area (Å²) < 4.78 is 28.9. The van der Waals surface area contributed by atoms with Crippen LogP contribution in [0.4, 0.5) is 14.5 Å². The second-order valence-corrected chi connectivity index (χ2v) is 8.92. The number of carboxylic acids is 1. The Bertz CT molecular complexity index is 1010. The maximum atomic E-state index is 14.5. The van der Waals surface area contributed by atoms with Crippen molar-refractivity contribution in [2.75, 3.05) is 24.5 Å². The van der Waals surface area contributed by atoms with Crippen LogP contribution in [0.2, 0.25) is 5.02 Å². The number of Topliss-reactive ketones (excluding diaryl/α,β-unsaturated/α-hetero) is 1. The number of benzene rings is 2. The molecule has 2 aromatic rings. The van der Waals surface area contributed by atoms with Crippen molar-refractivity contribution in [1.82, 2.24) is 5.32 Å². The summed E-state index contributed by atoms with van der Waals surface area (Å²) in [4.78, 5) is 26.6. The van der Waals surface area contributed by atoms with Gasteiger partial charge in [-0.1, -0.05) is 17.7 Å². The minimum atomic E-state index is -1.15. The number of halogens is 3. The van der Waals surface area contributed by atoms with Crippen molar-refractivity contribution in [1.29, 1.82) is 0 Å². The number of hydrogen-bond donors (Lipinski definition) is 2. The van der Waals surface area contributed by atoms with Crippen LogP contribution in [0.1, 0.15) is 46.4 Å². The standard InChI is InChI=1S/C24H25ClF2N2O3/c25-18-13-16(4-5-17(18)24(31)32)29-11-8-15(14-6-9-28-10-7-14)12-21(29)23(30)22-19(26)2-1-3-20(22)27/h1-5,13-15,21,28H,6-12H2,(H,31,32). The lowest BCUT2D eigenvalue weighted by Crippen LogP contribution is -2.49. The fourth-order valence-electron chi connectivity index (χ4n) is 5.05. The van der Waals surface area contributed by atoms with E-state index in [4.69, 9.17) is 11.6 Å². The molecule has 0 amide bonds. The smallest absolute Gasteiger partial charge is 0.337 e. The van der Waals surface area contributed by atoms with Gasteiger partial charge in [0.1, 0.15) is 11.6 Å². The molecule has 0 aliphatic carbocycles. The molecule has 2 aromatic carbocycles. The largest absolute Gasteiger partial charge is 0.478 e. The molecule has 4 rings (SSSR count). The number of aromatic carboxylic acids is 1. The van der Waals surface area contributed by atoms with E-state index in [-0.39, 0.29) is 16.5 Å². The number of carbonyl (C=O) groups excluding carboxylic acids is 1. The van der Waals surface area contributed by atoms with Gasteiger partial charge in [-0.3, -0.25) is 4.79 Å². The van der Waals surface area contributed by atoms with Gasteiger partial charge in [0.2, 0.25) is 0 Å².